The van der Waals surface area contributed by atoms with Crippen LogP contribution < -0.4 is 14.4 Å². The molecule has 1 aliphatic heterocycles. The van der Waals surface area contributed by atoms with E-state index < -0.39 is 22.5 Å². The van der Waals surface area contributed by atoms with Gasteiger partial charge in [-0.3, -0.25) is 13.9 Å². The number of carbonyl (C=O) groups is 2. The minimum atomic E-state index is -4.15. The first-order valence-electron chi connectivity index (χ1n) is 12.2. The second kappa shape index (κ2) is 11.7. The summed E-state index contributed by atoms with van der Waals surface area (Å²) in [6.45, 7) is 4.96. The van der Waals surface area contributed by atoms with Crippen molar-refractivity contribution in [3.05, 3.63) is 83.4 Å². The summed E-state index contributed by atoms with van der Waals surface area (Å²) in [5.74, 6) is -0.526. The molecule has 0 bridgehead atoms. The van der Waals surface area contributed by atoms with E-state index in [1.807, 2.05) is 13.8 Å². The molecule has 0 radical (unpaired) electrons. The summed E-state index contributed by atoms with van der Waals surface area (Å²) < 4.78 is 39.4. The molecular formula is C28H31N3O6S. The third-order valence-corrected chi connectivity index (χ3v) is 8.00. The van der Waals surface area contributed by atoms with Gasteiger partial charge in [-0.2, -0.15) is 0 Å². The Hall–Kier alpha value is -3.89. The molecule has 0 spiro atoms. The highest BCUT2D eigenvalue weighted by Crippen LogP contribution is 2.33. The molecule has 0 aromatic heterocycles. The number of hydrogen-bond acceptors (Lipinski definition) is 6. The highest BCUT2D eigenvalue weighted by molar-refractivity contribution is 7.92. The number of nitrogens with one attached hydrogen (secondary N) is 1. The van der Waals surface area contributed by atoms with Gasteiger partial charge in [-0.25, -0.2) is 8.42 Å². The zero-order valence-electron chi connectivity index (χ0n) is 21.6. The van der Waals surface area contributed by atoms with Crippen molar-refractivity contribution in [2.45, 2.75) is 18.7 Å². The number of aryl methyl sites for hydroxylation is 2. The summed E-state index contributed by atoms with van der Waals surface area (Å²) in [7, 11) is -2.70. The summed E-state index contributed by atoms with van der Waals surface area (Å²) in [6, 6.07) is 18.2. The van der Waals surface area contributed by atoms with Crippen LogP contribution in [0.1, 0.15) is 21.5 Å². The molecule has 0 aliphatic carbocycles. The fourth-order valence-corrected chi connectivity index (χ4v) is 5.59. The van der Waals surface area contributed by atoms with Crippen LogP contribution in [0.2, 0.25) is 0 Å². The molecular weight excluding hydrogens is 506 g/mol. The summed E-state index contributed by atoms with van der Waals surface area (Å²) in [5, 5.41) is 2.75. The van der Waals surface area contributed by atoms with Crippen LogP contribution in [0.3, 0.4) is 0 Å². The Labute approximate surface area is 223 Å². The number of para-hydroxylation sites is 1. The van der Waals surface area contributed by atoms with Gasteiger partial charge >= 0.3 is 0 Å². The Kier molecular flexibility index (Phi) is 8.33. The Bertz CT molecular complexity index is 1420. The topological polar surface area (TPSA) is 105 Å². The fraction of sp³-hybridized carbons (Fsp3) is 0.286. The van der Waals surface area contributed by atoms with Crippen molar-refractivity contribution < 1.29 is 27.5 Å². The predicted octanol–water partition coefficient (Wildman–Crippen LogP) is 3.62. The molecule has 0 unspecified atom stereocenters. The lowest BCUT2D eigenvalue weighted by molar-refractivity contribution is -0.114. The van der Waals surface area contributed by atoms with Crippen LogP contribution in [-0.2, 0) is 19.6 Å². The van der Waals surface area contributed by atoms with Crippen LogP contribution >= 0.6 is 0 Å². The number of sulfonamides is 1. The van der Waals surface area contributed by atoms with Gasteiger partial charge in [0.05, 0.1) is 42.2 Å². The number of benzene rings is 3. The lowest BCUT2D eigenvalue weighted by atomic mass is 10.1. The van der Waals surface area contributed by atoms with Gasteiger partial charge in [0.1, 0.15) is 12.3 Å². The standard InChI is InChI=1S/C28H31N3O6S/c1-20-8-11-22(12-9-20)38(34,35)31(25-18-21(2)10-13-26(25)36-3)19-27(32)29-24-7-5-4-6-23(24)28(33)30-14-16-37-17-15-30/h4-13,18H,14-17,19H2,1-3H3,(H,29,32). The molecule has 3 aromatic rings. The van der Waals surface area contributed by atoms with Crippen molar-refractivity contribution in [3.8, 4) is 5.75 Å². The summed E-state index contributed by atoms with van der Waals surface area (Å²) in [6.07, 6.45) is 0. The highest BCUT2D eigenvalue weighted by atomic mass is 32.2. The largest absolute Gasteiger partial charge is 0.495 e. The molecule has 1 heterocycles. The summed E-state index contributed by atoms with van der Waals surface area (Å²) in [5.41, 5.74) is 2.57. The minimum Gasteiger partial charge on any atom is -0.495 e. The molecule has 1 saturated heterocycles. The normalized spacial score (nSPS) is 13.6. The van der Waals surface area contributed by atoms with Crippen molar-refractivity contribution in [2.75, 3.05) is 49.6 Å². The average Bonchev–Trinajstić information content (AvgIpc) is 2.92. The van der Waals surface area contributed by atoms with E-state index in [0.717, 1.165) is 15.4 Å². The van der Waals surface area contributed by atoms with E-state index in [4.69, 9.17) is 9.47 Å². The van der Waals surface area contributed by atoms with E-state index in [-0.39, 0.29) is 16.5 Å². The molecule has 3 aromatic carbocycles. The van der Waals surface area contributed by atoms with Gasteiger partial charge < -0.3 is 19.7 Å². The Balaban J connectivity index is 1.67. The van der Waals surface area contributed by atoms with Gasteiger partial charge in [-0.15, -0.1) is 0 Å². The molecule has 38 heavy (non-hydrogen) atoms. The zero-order chi connectivity index (χ0) is 27.3. The molecule has 1 fully saturated rings. The number of anilines is 2. The molecule has 1 aliphatic rings. The first-order valence-corrected chi connectivity index (χ1v) is 13.6. The molecule has 9 nitrogen and oxygen atoms in total. The molecule has 2 amide bonds. The van der Waals surface area contributed by atoms with E-state index in [1.54, 1.807) is 59.5 Å². The molecule has 0 saturated carbocycles. The maximum Gasteiger partial charge on any atom is 0.264 e. The molecule has 4 rings (SSSR count). The number of nitrogens with zero attached hydrogens (tertiary/aromatic N) is 2. The quantitative estimate of drug-likeness (QED) is 0.471. The summed E-state index contributed by atoms with van der Waals surface area (Å²) in [4.78, 5) is 28.2. The Morgan fingerprint density at radius 2 is 1.63 bits per heavy atom. The van der Waals surface area contributed by atoms with E-state index in [9.17, 15) is 18.0 Å². The van der Waals surface area contributed by atoms with Crippen molar-refractivity contribution in [2.24, 2.45) is 0 Å². The van der Waals surface area contributed by atoms with E-state index in [2.05, 4.69) is 5.32 Å². The van der Waals surface area contributed by atoms with Crippen LogP contribution in [0.5, 0.6) is 5.75 Å². The minimum absolute atomic E-state index is 0.0438. The fourth-order valence-electron chi connectivity index (χ4n) is 4.17. The number of carbonyl (C=O) groups excluding carboxylic acids is 2. The van der Waals surface area contributed by atoms with Crippen LogP contribution in [0.25, 0.3) is 0 Å². The van der Waals surface area contributed by atoms with Gasteiger partial charge in [0.2, 0.25) is 5.91 Å². The molecule has 10 heteroatoms. The smallest absolute Gasteiger partial charge is 0.264 e. The molecule has 1 N–H and O–H groups in total. The van der Waals surface area contributed by atoms with E-state index in [1.165, 1.54) is 19.2 Å². The van der Waals surface area contributed by atoms with Gasteiger partial charge in [0.25, 0.3) is 15.9 Å². The van der Waals surface area contributed by atoms with Crippen molar-refractivity contribution in [1.29, 1.82) is 0 Å². The second-order valence-corrected chi connectivity index (χ2v) is 10.9. The summed E-state index contributed by atoms with van der Waals surface area (Å²) >= 11 is 0. The third kappa shape index (κ3) is 5.98. The van der Waals surface area contributed by atoms with Gasteiger partial charge in [0, 0.05) is 13.1 Å². The number of morpholine rings is 1. The van der Waals surface area contributed by atoms with Crippen LogP contribution in [-0.4, -0.2) is 65.1 Å². The zero-order valence-corrected chi connectivity index (χ0v) is 22.5. The van der Waals surface area contributed by atoms with Gasteiger partial charge in [-0.05, 0) is 55.8 Å². The van der Waals surface area contributed by atoms with Crippen LogP contribution in [0, 0.1) is 13.8 Å². The maximum atomic E-state index is 13.8. The first-order chi connectivity index (χ1) is 18.2. The molecule has 0 atom stereocenters. The Morgan fingerprint density at radius 1 is 0.974 bits per heavy atom. The third-order valence-electron chi connectivity index (χ3n) is 6.23. The van der Waals surface area contributed by atoms with E-state index in [0.29, 0.717) is 43.3 Å². The van der Waals surface area contributed by atoms with Crippen LogP contribution in [0.4, 0.5) is 11.4 Å². The predicted molar refractivity (Wildman–Crippen MR) is 145 cm³/mol. The number of methoxy groups -OCH3 is 1. The lowest BCUT2D eigenvalue weighted by Crippen LogP contribution is -2.41. The SMILES string of the molecule is COc1ccc(C)cc1N(CC(=O)Nc1ccccc1C(=O)N1CCOCC1)S(=O)(=O)c1ccc(C)cc1. The molecule has 200 valence electrons. The number of amides is 2. The highest BCUT2D eigenvalue weighted by Gasteiger charge is 2.30. The number of rotatable bonds is 8. The van der Waals surface area contributed by atoms with Gasteiger partial charge in [-0.1, -0.05) is 35.9 Å². The Morgan fingerprint density at radius 3 is 2.32 bits per heavy atom. The number of ether oxygens (including phenoxy) is 2. The first kappa shape index (κ1) is 27.2. The second-order valence-electron chi connectivity index (χ2n) is 9.00. The monoisotopic (exact) mass is 537 g/mol. The maximum absolute atomic E-state index is 13.8. The average molecular weight is 538 g/mol. The lowest BCUT2D eigenvalue weighted by Gasteiger charge is -2.28. The van der Waals surface area contributed by atoms with Crippen molar-refractivity contribution in [3.63, 3.8) is 0 Å². The number of hydrogen-bond donors (Lipinski definition) is 1. The van der Waals surface area contributed by atoms with E-state index >= 15 is 0 Å². The van der Waals surface area contributed by atoms with Crippen molar-refractivity contribution in [1.82, 2.24) is 4.90 Å². The van der Waals surface area contributed by atoms with Gasteiger partial charge in [0.15, 0.2) is 0 Å². The van der Waals surface area contributed by atoms with Crippen LogP contribution in [0.15, 0.2) is 71.6 Å². The van der Waals surface area contributed by atoms with Crippen molar-refractivity contribution >= 4 is 33.2 Å².